The van der Waals surface area contributed by atoms with Crippen molar-refractivity contribution in [1.82, 2.24) is 9.13 Å². The van der Waals surface area contributed by atoms with Gasteiger partial charge in [-0.15, -0.1) is 0 Å². The van der Waals surface area contributed by atoms with E-state index in [4.69, 9.17) is 11.0 Å². The summed E-state index contributed by atoms with van der Waals surface area (Å²) in [5.74, 6) is 0. The van der Waals surface area contributed by atoms with Crippen LogP contribution in [0.25, 0.3) is 81.8 Å². The highest BCUT2D eigenvalue weighted by molar-refractivity contribution is 6.18. The molecule has 0 aliphatic carbocycles. The monoisotopic (exact) mass is 523 g/mol. The highest BCUT2D eigenvalue weighted by Crippen LogP contribution is 2.43. The van der Waals surface area contributed by atoms with Crippen molar-refractivity contribution >= 4 is 71.2 Å². The first kappa shape index (κ1) is 22.1. The zero-order chi connectivity index (χ0) is 27.1. The summed E-state index contributed by atoms with van der Waals surface area (Å²) in [5.41, 5.74) is 8.58. The molecule has 0 amide bonds. The van der Waals surface area contributed by atoms with Gasteiger partial charge in [0, 0.05) is 21.5 Å². The van der Waals surface area contributed by atoms with Crippen molar-refractivity contribution in [3.63, 3.8) is 0 Å². The Hall–Kier alpha value is -5.79. The lowest BCUT2D eigenvalue weighted by atomic mass is 10.1. The number of furan rings is 1. The number of aromatic nitrogens is 2. The molecule has 0 saturated heterocycles. The Balaban J connectivity index is 1.43. The molecule has 0 aliphatic heterocycles. The molecule has 9 aromatic rings. The van der Waals surface area contributed by atoms with Crippen LogP contribution in [0.1, 0.15) is 0 Å². The molecule has 9 rings (SSSR count). The molecule has 0 atom stereocenters. The summed E-state index contributed by atoms with van der Waals surface area (Å²) in [7, 11) is 0. The van der Waals surface area contributed by atoms with Crippen LogP contribution in [-0.4, -0.2) is 9.13 Å². The molecule has 0 saturated carbocycles. The molecule has 0 spiro atoms. The summed E-state index contributed by atoms with van der Waals surface area (Å²) in [5, 5.41) is 6.71. The first-order valence-electron chi connectivity index (χ1n) is 13.7. The van der Waals surface area contributed by atoms with Crippen LogP contribution in [0.4, 0.5) is 5.69 Å². The van der Waals surface area contributed by atoms with Crippen LogP contribution >= 0.6 is 0 Å². The second-order valence-corrected chi connectivity index (χ2v) is 10.4. The van der Waals surface area contributed by atoms with Crippen LogP contribution < -0.4 is 0 Å². The van der Waals surface area contributed by atoms with E-state index in [0.717, 1.165) is 66.2 Å². The molecule has 0 bridgehead atoms. The Morgan fingerprint density at radius 2 is 1.02 bits per heavy atom. The van der Waals surface area contributed by atoms with E-state index in [-0.39, 0.29) is 0 Å². The van der Waals surface area contributed by atoms with Crippen molar-refractivity contribution < 1.29 is 4.42 Å². The molecule has 190 valence electrons. The highest BCUT2D eigenvalue weighted by Gasteiger charge is 2.21. The zero-order valence-electron chi connectivity index (χ0n) is 21.9. The minimum Gasteiger partial charge on any atom is -0.454 e. The fourth-order valence-electron chi connectivity index (χ4n) is 6.70. The topological polar surface area (TPSA) is 27.4 Å². The summed E-state index contributed by atoms with van der Waals surface area (Å²) >= 11 is 0. The maximum absolute atomic E-state index is 7.95. The Morgan fingerprint density at radius 3 is 1.73 bits per heavy atom. The number of hydrogen-bond acceptors (Lipinski definition) is 1. The van der Waals surface area contributed by atoms with Gasteiger partial charge in [-0.05, 0) is 41.8 Å². The maximum atomic E-state index is 7.95. The molecule has 3 heterocycles. The number of nitrogens with zero attached hydrogens (tertiary/aromatic N) is 3. The Morgan fingerprint density at radius 1 is 0.488 bits per heavy atom. The van der Waals surface area contributed by atoms with Crippen molar-refractivity contribution in [2.24, 2.45) is 0 Å². The molecule has 6 aromatic carbocycles. The smallest absolute Gasteiger partial charge is 0.211 e. The van der Waals surface area contributed by atoms with Gasteiger partial charge in [0.05, 0.1) is 45.4 Å². The van der Waals surface area contributed by atoms with E-state index in [2.05, 4.69) is 117 Å². The van der Waals surface area contributed by atoms with Gasteiger partial charge in [-0.3, -0.25) is 0 Å². The van der Waals surface area contributed by atoms with Crippen LogP contribution in [-0.2, 0) is 0 Å². The SMILES string of the molecule is [C-]#[N+]c1cccc2c3ccccc3n(-c3cccc4oc5c(-n6c7ccccc7c7ccccc76)cccc5c34)c12. The quantitative estimate of drug-likeness (QED) is 0.207. The van der Waals surface area contributed by atoms with Gasteiger partial charge in [0.25, 0.3) is 0 Å². The summed E-state index contributed by atoms with van der Waals surface area (Å²) in [6, 6.07) is 44.1. The average Bonchev–Trinajstić information content (AvgIpc) is 3.69. The minimum absolute atomic E-state index is 0.634. The van der Waals surface area contributed by atoms with Gasteiger partial charge in [0.1, 0.15) is 5.58 Å². The van der Waals surface area contributed by atoms with Crippen molar-refractivity contribution in [1.29, 1.82) is 0 Å². The zero-order valence-corrected chi connectivity index (χ0v) is 21.9. The minimum atomic E-state index is 0.634. The molecule has 0 N–H and O–H groups in total. The predicted octanol–water partition coefficient (Wildman–Crippen LogP) is 10.3. The molecule has 4 heteroatoms. The van der Waals surface area contributed by atoms with E-state index in [0.29, 0.717) is 5.69 Å². The molecule has 4 nitrogen and oxygen atoms in total. The third kappa shape index (κ3) is 2.87. The van der Waals surface area contributed by atoms with E-state index in [9.17, 15) is 0 Å². The van der Waals surface area contributed by atoms with Crippen molar-refractivity contribution in [2.75, 3.05) is 0 Å². The number of benzene rings is 6. The van der Waals surface area contributed by atoms with Crippen molar-refractivity contribution in [3.05, 3.63) is 139 Å². The van der Waals surface area contributed by atoms with Gasteiger partial charge in [-0.2, -0.15) is 0 Å². The van der Waals surface area contributed by atoms with E-state index in [1.165, 1.54) is 10.8 Å². The predicted molar refractivity (Wildman–Crippen MR) is 169 cm³/mol. The lowest BCUT2D eigenvalue weighted by Gasteiger charge is -2.11. The number of rotatable bonds is 2. The largest absolute Gasteiger partial charge is 0.454 e. The van der Waals surface area contributed by atoms with Gasteiger partial charge >= 0.3 is 0 Å². The normalized spacial score (nSPS) is 11.9. The van der Waals surface area contributed by atoms with E-state index in [1.54, 1.807) is 0 Å². The fourth-order valence-corrected chi connectivity index (χ4v) is 6.70. The third-order valence-electron chi connectivity index (χ3n) is 8.34. The van der Waals surface area contributed by atoms with Gasteiger partial charge in [0.2, 0.25) is 5.69 Å². The highest BCUT2D eigenvalue weighted by atomic mass is 16.3. The van der Waals surface area contributed by atoms with Crippen LogP contribution in [0.2, 0.25) is 0 Å². The third-order valence-corrected chi connectivity index (χ3v) is 8.34. The molecule has 41 heavy (non-hydrogen) atoms. The van der Waals surface area contributed by atoms with Gasteiger partial charge < -0.3 is 13.6 Å². The van der Waals surface area contributed by atoms with Crippen LogP contribution in [0.15, 0.2) is 132 Å². The van der Waals surface area contributed by atoms with Crippen molar-refractivity contribution in [3.8, 4) is 11.4 Å². The maximum Gasteiger partial charge on any atom is 0.211 e. The summed E-state index contributed by atoms with van der Waals surface area (Å²) < 4.78 is 11.3. The van der Waals surface area contributed by atoms with Gasteiger partial charge in [-0.1, -0.05) is 91.0 Å². The van der Waals surface area contributed by atoms with Crippen LogP contribution in [0, 0.1) is 6.57 Å². The van der Waals surface area contributed by atoms with E-state index < -0.39 is 0 Å². The average molecular weight is 524 g/mol. The second kappa shape index (κ2) is 8.11. The molecule has 0 aliphatic rings. The van der Waals surface area contributed by atoms with Crippen LogP contribution in [0.5, 0.6) is 0 Å². The Bertz CT molecular complexity index is 2500. The Labute approximate surface area is 234 Å². The van der Waals surface area contributed by atoms with Gasteiger partial charge in [-0.25, -0.2) is 4.85 Å². The number of para-hydroxylation sites is 5. The second-order valence-electron chi connectivity index (χ2n) is 10.4. The van der Waals surface area contributed by atoms with Crippen LogP contribution in [0.3, 0.4) is 0 Å². The molecule has 0 fully saturated rings. The fraction of sp³-hybridized carbons (Fsp3) is 0. The van der Waals surface area contributed by atoms with Gasteiger partial charge in [0.15, 0.2) is 5.58 Å². The molecule has 0 radical (unpaired) electrons. The standard InChI is InChI=1S/C37H21N3O/c1-38-28-16-8-14-26-25-13-4-7-19-31(25)40(36(26)28)32-20-10-22-34-35(32)27-15-9-21-33(37(27)41-34)39-29-17-5-2-11-23(29)24-12-3-6-18-30(24)39/h2-22H. The summed E-state index contributed by atoms with van der Waals surface area (Å²) in [4.78, 5) is 3.92. The summed E-state index contributed by atoms with van der Waals surface area (Å²) in [6.07, 6.45) is 0. The number of fused-ring (bicyclic) bond motifs is 9. The first-order valence-corrected chi connectivity index (χ1v) is 13.7. The molecular weight excluding hydrogens is 502 g/mol. The van der Waals surface area contributed by atoms with E-state index >= 15 is 0 Å². The molecule has 0 unspecified atom stereocenters. The number of hydrogen-bond donors (Lipinski definition) is 0. The molecule has 3 aromatic heterocycles. The first-order chi connectivity index (χ1) is 20.3. The van der Waals surface area contributed by atoms with Crippen molar-refractivity contribution in [2.45, 2.75) is 0 Å². The Kier molecular flexibility index (Phi) is 4.37. The lowest BCUT2D eigenvalue weighted by molar-refractivity contribution is 0.666. The summed E-state index contributed by atoms with van der Waals surface area (Å²) in [6.45, 7) is 7.95. The molecular formula is C37H21N3O. The van der Waals surface area contributed by atoms with E-state index in [1.807, 2.05) is 24.3 Å². The lowest BCUT2D eigenvalue weighted by Crippen LogP contribution is -1.95.